The van der Waals surface area contributed by atoms with Crippen LogP contribution in [0.5, 0.6) is 5.75 Å². The molecule has 1 aromatic carbocycles. The normalized spacial score (nSPS) is 14.1. The number of halogens is 2. The van der Waals surface area contributed by atoms with Crippen molar-refractivity contribution in [3.63, 3.8) is 0 Å². The summed E-state index contributed by atoms with van der Waals surface area (Å²) in [6.45, 7) is 5.41. The molecule has 0 aliphatic heterocycles. The number of benzene rings is 1. The number of ether oxygens (including phenoxy) is 1. The maximum Gasteiger partial charge on any atom is 0.209 e. The van der Waals surface area contributed by atoms with Crippen LogP contribution in [0.1, 0.15) is 20.8 Å². The second-order valence-corrected chi connectivity index (χ2v) is 7.41. The molecule has 114 valence electrons. The molecule has 0 bridgehead atoms. The van der Waals surface area contributed by atoms with Crippen LogP contribution in [-0.2, 0) is 10.0 Å². The Morgan fingerprint density at radius 3 is 2.40 bits per heavy atom. The first kappa shape index (κ1) is 16.8. The van der Waals surface area contributed by atoms with Gasteiger partial charge in [-0.25, -0.2) is 17.9 Å². The van der Waals surface area contributed by atoms with Crippen molar-refractivity contribution in [2.75, 3.05) is 12.4 Å². The van der Waals surface area contributed by atoms with Gasteiger partial charge in [0, 0.05) is 5.92 Å². The third-order valence-corrected chi connectivity index (χ3v) is 3.88. The van der Waals surface area contributed by atoms with Gasteiger partial charge in [-0.1, -0.05) is 26.8 Å². The molecule has 0 amide bonds. The zero-order chi connectivity index (χ0) is 15.6. The van der Waals surface area contributed by atoms with Gasteiger partial charge in [0.05, 0.1) is 12.4 Å². The van der Waals surface area contributed by atoms with E-state index in [1.165, 1.54) is 12.1 Å². The van der Waals surface area contributed by atoms with Crippen LogP contribution in [0.4, 0.5) is 8.78 Å². The molecule has 4 nitrogen and oxygen atoms in total. The van der Waals surface area contributed by atoms with E-state index in [0.29, 0.717) is 0 Å². The van der Waals surface area contributed by atoms with Crippen molar-refractivity contribution in [1.82, 2.24) is 0 Å². The summed E-state index contributed by atoms with van der Waals surface area (Å²) in [5, 5.41) is 5.04. The SMILES string of the molecule is CC(C)(C)C(COc1cccc(F)c1F)CS(N)(=O)=O. The second kappa shape index (κ2) is 6.05. The average molecular weight is 307 g/mol. The number of rotatable bonds is 5. The van der Waals surface area contributed by atoms with Gasteiger partial charge in [-0.05, 0) is 17.5 Å². The fraction of sp³-hybridized carbons (Fsp3) is 0.538. The van der Waals surface area contributed by atoms with Crippen LogP contribution in [0.25, 0.3) is 0 Å². The van der Waals surface area contributed by atoms with Crippen LogP contribution >= 0.6 is 0 Å². The lowest BCUT2D eigenvalue weighted by Gasteiger charge is -2.29. The minimum absolute atomic E-state index is 0.0691. The van der Waals surface area contributed by atoms with E-state index in [9.17, 15) is 17.2 Å². The van der Waals surface area contributed by atoms with E-state index in [0.717, 1.165) is 6.07 Å². The summed E-state index contributed by atoms with van der Waals surface area (Å²) in [7, 11) is -3.68. The summed E-state index contributed by atoms with van der Waals surface area (Å²) in [5.41, 5.74) is -0.407. The first-order valence-electron chi connectivity index (χ1n) is 6.08. The minimum atomic E-state index is -3.68. The molecule has 0 radical (unpaired) electrons. The highest BCUT2D eigenvalue weighted by atomic mass is 32.2. The van der Waals surface area contributed by atoms with E-state index < -0.39 is 33.0 Å². The van der Waals surface area contributed by atoms with Gasteiger partial charge in [0.25, 0.3) is 0 Å². The second-order valence-electron chi connectivity index (χ2n) is 5.76. The number of hydrogen-bond acceptors (Lipinski definition) is 3. The van der Waals surface area contributed by atoms with Crippen molar-refractivity contribution in [2.45, 2.75) is 20.8 Å². The first-order chi connectivity index (χ1) is 9.00. The Morgan fingerprint density at radius 2 is 1.90 bits per heavy atom. The van der Waals surface area contributed by atoms with Crippen molar-refractivity contribution in [3.8, 4) is 5.75 Å². The molecule has 0 saturated carbocycles. The zero-order valence-corrected chi connectivity index (χ0v) is 12.5. The van der Waals surface area contributed by atoms with E-state index >= 15 is 0 Å². The predicted molar refractivity (Wildman–Crippen MR) is 72.8 cm³/mol. The number of sulfonamides is 1. The van der Waals surface area contributed by atoms with Gasteiger partial charge in [-0.15, -0.1) is 0 Å². The van der Waals surface area contributed by atoms with Crippen LogP contribution in [0.3, 0.4) is 0 Å². The van der Waals surface area contributed by atoms with Gasteiger partial charge in [0.2, 0.25) is 15.8 Å². The lowest BCUT2D eigenvalue weighted by molar-refractivity contribution is 0.158. The van der Waals surface area contributed by atoms with Crippen molar-refractivity contribution >= 4 is 10.0 Å². The summed E-state index contributed by atoms with van der Waals surface area (Å²) in [6, 6.07) is 3.59. The van der Waals surface area contributed by atoms with E-state index in [-0.39, 0.29) is 18.1 Å². The largest absolute Gasteiger partial charge is 0.490 e. The summed E-state index contributed by atoms with van der Waals surface area (Å²) in [4.78, 5) is 0. The molecule has 1 rings (SSSR count). The summed E-state index contributed by atoms with van der Waals surface area (Å²) in [5.74, 6) is -3.07. The third-order valence-electron chi connectivity index (χ3n) is 3.01. The highest BCUT2D eigenvalue weighted by molar-refractivity contribution is 7.89. The number of primary sulfonamides is 1. The van der Waals surface area contributed by atoms with Gasteiger partial charge in [-0.3, -0.25) is 0 Å². The molecule has 0 aliphatic carbocycles. The van der Waals surface area contributed by atoms with Crippen molar-refractivity contribution < 1.29 is 21.9 Å². The van der Waals surface area contributed by atoms with Crippen LogP contribution in [-0.4, -0.2) is 20.8 Å². The Labute approximate surface area is 118 Å². The van der Waals surface area contributed by atoms with Crippen LogP contribution in [0.2, 0.25) is 0 Å². The topological polar surface area (TPSA) is 69.4 Å². The lowest BCUT2D eigenvalue weighted by Crippen LogP contribution is -2.35. The summed E-state index contributed by atoms with van der Waals surface area (Å²) < 4.78 is 54.1. The predicted octanol–water partition coefficient (Wildman–Crippen LogP) is 2.29. The highest BCUT2D eigenvalue weighted by Gasteiger charge is 2.29. The maximum atomic E-state index is 13.4. The molecule has 7 heteroatoms. The minimum Gasteiger partial charge on any atom is -0.490 e. The van der Waals surface area contributed by atoms with E-state index in [2.05, 4.69) is 0 Å². The molecular weight excluding hydrogens is 288 g/mol. The molecular formula is C13H19F2NO3S. The molecule has 20 heavy (non-hydrogen) atoms. The fourth-order valence-electron chi connectivity index (χ4n) is 1.61. The zero-order valence-electron chi connectivity index (χ0n) is 11.7. The van der Waals surface area contributed by atoms with Gasteiger partial charge < -0.3 is 4.74 Å². The van der Waals surface area contributed by atoms with Gasteiger partial charge in [0.1, 0.15) is 0 Å². The molecule has 0 spiro atoms. The van der Waals surface area contributed by atoms with Gasteiger partial charge >= 0.3 is 0 Å². The first-order valence-corrected chi connectivity index (χ1v) is 7.79. The van der Waals surface area contributed by atoms with Crippen LogP contribution in [0, 0.1) is 23.0 Å². The molecule has 0 aromatic heterocycles. The average Bonchev–Trinajstić information content (AvgIpc) is 2.26. The Kier molecular flexibility index (Phi) is 5.10. The molecule has 2 N–H and O–H groups in total. The molecule has 0 heterocycles. The number of nitrogens with two attached hydrogens (primary N) is 1. The maximum absolute atomic E-state index is 13.4. The molecule has 1 atom stereocenters. The molecule has 0 saturated heterocycles. The van der Waals surface area contributed by atoms with Crippen molar-refractivity contribution in [1.29, 1.82) is 0 Å². The molecule has 1 aromatic rings. The summed E-state index contributed by atoms with van der Waals surface area (Å²) in [6.07, 6.45) is 0. The van der Waals surface area contributed by atoms with Gasteiger partial charge in [-0.2, -0.15) is 4.39 Å². The number of hydrogen-bond donors (Lipinski definition) is 1. The Bertz CT molecular complexity index is 567. The summed E-state index contributed by atoms with van der Waals surface area (Å²) >= 11 is 0. The molecule has 0 aliphatic rings. The smallest absolute Gasteiger partial charge is 0.209 e. The van der Waals surface area contributed by atoms with Crippen LogP contribution in [0.15, 0.2) is 18.2 Å². The molecule has 1 unspecified atom stereocenters. The highest BCUT2D eigenvalue weighted by Crippen LogP contribution is 2.28. The Morgan fingerprint density at radius 1 is 1.30 bits per heavy atom. The quantitative estimate of drug-likeness (QED) is 0.907. The monoisotopic (exact) mass is 307 g/mol. The van der Waals surface area contributed by atoms with E-state index in [1.54, 1.807) is 0 Å². The van der Waals surface area contributed by atoms with E-state index in [1.807, 2.05) is 20.8 Å². The Hall–Kier alpha value is -1.21. The molecule has 0 fully saturated rings. The third kappa shape index (κ3) is 5.05. The van der Waals surface area contributed by atoms with E-state index in [4.69, 9.17) is 9.88 Å². The van der Waals surface area contributed by atoms with Crippen molar-refractivity contribution in [2.24, 2.45) is 16.5 Å². The standard InChI is InChI=1S/C13H19F2NO3S/c1-13(2,3)9(8-20(16,17)18)7-19-11-6-4-5-10(14)12(11)15/h4-6,9H,7-8H2,1-3H3,(H2,16,17,18). The van der Waals surface area contributed by atoms with Crippen LogP contribution < -0.4 is 9.88 Å². The fourth-order valence-corrected chi connectivity index (χ4v) is 2.77. The lowest BCUT2D eigenvalue weighted by atomic mass is 9.82. The van der Waals surface area contributed by atoms with Gasteiger partial charge in [0.15, 0.2) is 11.6 Å². The Balaban J connectivity index is 2.84. The van der Waals surface area contributed by atoms with Crippen molar-refractivity contribution in [3.05, 3.63) is 29.8 Å².